The number of benzene rings is 1. The summed E-state index contributed by atoms with van der Waals surface area (Å²) in [5, 5.41) is 3.15. The Morgan fingerprint density at radius 1 is 1.29 bits per heavy atom. The SMILES string of the molecule is COCCNCCC=Cc1cccc(F)c1F. The van der Waals surface area contributed by atoms with Crippen molar-refractivity contribution in [1.29, 1.82) is 0 Å². The summed E-state index contributed by atoms with van der Waals surface area (Å²) in [5.41, 5.74) is 0.280. The lowest BCUT2D eigenvalue weighted by molar-refractivity contribution is 0.199. The van der Waals surface area contributed by atoms with Crippen molar-refractivity contribution in [2.24, 2.45) is 0 Å². The molecule has 0 aromatic heterocycles. The van der Waals surface area contributed by atoms with Crippen molar-refractivity contribution in [3.63, 3.8) is 0 Å². The fourth-order valence-corrected chi connectivity index (χ4v) is 1.34. The molecule has 0 heterocycles. The van der Waals surface area contributed by atoms with Gasteiger partial charge < -0.3 is 10.1 Å². The highest BCUT2D eigenvalue weighted by Gasteiger charge is 2.03. The van der Waals surface area contributed by atoms with E-state index in [0.717, 1.165) is 25.6 Å². The molecular formula is C13H17F2NO. The van der Waals surface area contributed by atoms with E-state index in [1.807, 2.05) is 6.08 Å². The van der Waals surface area contributed by atoms with Crippen molar-refractivity contribution < 1.29 is 13.5 Å². The van der Waals surface area contributed by atoms with Gasteiger partial charge in [-0.1, -0.05) is 24.3 Å². The van der Waals surface area contributed by atoms with Gasteiger partial charge in [0.2, 0.25) is 0 Å². The molecule has 0 radical (unpaired) electrons. The Labute approximate surface area is 100 Å². The van der Waals surface area contributed by atoms with Crippen molar-refractivity contribution >= 4 is 6.08 Å². The first-order valence-corrected chi connectivity index (χ1v) is 5.56. The van der Waals surface area contributed by atoms with Crippen LogP contribution in [0.3, 0.4) is 0 Å². The summed E-state index contributed by atoms with van der Waals surface area (Å²) in [6.07, 6.45) is 4.17. The zero-order valence-corrected chi connectivity index (χ0v) is 9.88. The van der Waals surface area contributed by atoms with Crippen LogP contribution in [0.4, 0.5) is 8.78 Å². The third kappa shape index (κ3) is 5.06. The van der Waals surface area contributed by atoms with Gasteiger partial charge in [-0.15, -0.1) is 0 Å². The van der Waals surface area contributed by atoms with Gasteiger partial charge in [0.25, 0.3) is 0 Å². The highest BCUT2D eigenvalue weighted by atomic mass is 19.2. The monoisotopic (exact) mass is 241 g/mol. The predicted molar refractivity (Wildman–Crippen MR) is 64.8 cm³/mol. The molecule has 0 aliphatic carbocycles. The van der Waals surface area contributed by atoms with E-state index in [-0.39, 0.29) is 5.56 Å². The fraction of sp³-hybridized carbons (Fsp3) is 0.385. The zero-order valence-electron chi connectivity index (χ0n) is 9.88. The van der Waals surface area contributed by atoms with E-state index < -0.39 is 11.6 Å². The molecule has 0 saturated carbocycles. The zero-order chi connectivity index (χ0) is 12.5. The Morgan fingerprint density at radius 2 is 2.12 bits per heavy atom. The highest BCUT2D eigenvalue weighted by molar-refractivity contribution is 5.49. The van der Waals surface area contributed by atoms with Crippen molar-refractivity contribution in [2.45, 2.75) is 6.42 Å². The topological polar surface area (TPSA) is 21.3 Å². The fourth-order valence-electron chi connectivity index (χ4n) is 1.34. The molecule has 0 fully saturated rings. The Kier molecular flexibility index (Phi) is 6.43. The summed E-state index contributed by atoms with van der Waals surface area (Å²) >= 11 is 0. The molecule has 4 heteroatoms. The van der Waals surface area contributed by atoms with Gasteiger partial charge >= 0.3 is 0 Å². The molecule has 0 aliphatic heterocycles. The van der Waals surface area contributed by atoms with Crippen molar-refractivity contribution in [3.8, 4) is 0 Å². The quantitative estimate of drug-likeness (QED) is 0.741. The summed E-state index contributed by atoms with van der Waals surface area (Å²) in [4.78, 5) is 0. The van der Waals surface area contributed by atoms with Gasteiger partial charge in [-0.25, -0.2) is 8.78 Å². The molecule has 0 aliphatic rings. The third-order valence-electron chi connectivity index (χ3n) is 2.25. The third-order valence-corrected chi connectivity index (χ3v) is 2.25. The standard InChI is InChI=1S/C13H17F2NO/c1-17-10-9-16-8-3-2-5-11-6-4-7-12(14)13(11)15/h2,4-7,16H,3,8-10H2,1H3. The van der Waals surface area contributed by atoms with E-state index in [0.29, 0.717) is 6.61 Å². The first kappa shape index (κ1) is 13.8. The molecule has 17 heavy (non-hydrogen) atoms. The number of halogens is 2. The molecule has 0 spiro atoms. The molecule has 94 valence electrons. The van der Waals surface area contributed by atoms with Crippen molar-refractivity contribution in [2.75, 3.05) is 26.8 Å². The number of ether oxygens (including phenoxy) is 1. The van der Waals surface area contributed by atoms with Crippen molar-refractivity contribution in [3.05, 3.63) is 41.5 Å². The summed E-state index contributed by atoms with van der Waals surface area (Å²) in [7, 11) is 1.65. The van der Waals surface area contributed by atoms with Gasteiger partial charge in [0.15, 0.2) is 11.6 Å². The Hall–Kier alpha value is -1.26. The molecule has 0 atom stereocenters. The molecule has 1 aromatic rings. The Balaban J connectivity index is 2.31. The maximum Gasteiger partial charge on any atom is 0.166 e. The average Bonchev–Trinajstić information content (AvgIpc) is 2.33. The van der Waals surface area contributed by atoms with E-state index >= 15 is 0 Å². The summed E-state index contributed by atoms with van der Waals surface area (Å²) in [6.45, 7) is 2.25. The average molecular weight is 241 g/mol. The van der Waals surface area contributed by atoms with Crippen LogP contribution in [0.5, 0.6) is 0 Å². The van der Waals surface area contributed by atoms with Crippen LogP contribution in [0.1, 0.15) is 12.0 Å². The lowest BCUT2D eigenvalue weighted by Crippen LogP contribution is -2.19. The van der Waals surface area contributed by atoms with Crippen LogP contribution in [-0.4, -0.2) is 26.8 Å². The summed E-state index contributed by atoms with van der Waals surface area (Å²) in [5.74, 6) is -1.61. The van der Waals surface area contributed by atoms with Gasteiger partial charge in [0.05, 0.1) is 6.61 Å². The second-order valence-electron chi connectivity index (χ2n) is 3.58. The van der Waals surface area contributed by atoms with Crippen LogP contribution in [0.15, 0.2) is 24.3 Å². The molecule has 1 rings (SSSR count). The van der Waals surface area contributed by atoms with Gasteiger partial charge in [-0.2, -0.15) is 0 Å². The molecule has 0 bridgehead atoms. The smallest absolute Gasteiger partial charge is 0.166 e. The van der Waals surface area contributed by atoms with Crippen LogP contribution >= 0.6 is 0 Å². The summed E-state index contributed by atoms with van der Waals surface area (Å²) in [6, 6.07) is 4.15. The number of hydrogen-bond acceptors (Lipinski definition) is 2. The van der Waals surface area contributed by atoms with E-state index in [2.05, 4.69) is 5.32 Å². The molecule has 0 amide bonds. The van der Waals surface area contributed by atoms with Crippen molar-refractivity contribution in [1.82, 2.24) is 5.32 Å². The molecule has 2 nitrogen and oxygen atoms in total. The molecule has 1 aromatic carbocycles. The normalized spacial score (nSPS) is 11.2. The lowest BCUT2D eigenvalue weighted by atomic mass is 10.2. The minimum Gasteiger partial charge on any atom is -0.383 e. The van der Waals surface area contributed by atoms with E-state index in [1.54, 1.807) is 19.3 Å². The Morgan fingerprint density at radius 3 is 2.88 bits per heavy atom. The van der Waals surface area contributed by atoms with E-state index in [4.69, 9.17) is 4.74 Å². The number of nitrogens with one attached hydrogen (secondary N) is 1. The van der Waals surface area contributed by atoms with Gasteiger partial charge in [-0.3, -0.25) is 0 Å². The molecule has 1 N–H and O–H groups in total. The Bertz CT molecular complexity index is 366. The highest BCUT2D eigenvalue weighted by Crippen LogP contribution is 2.12. The van der Waals surface area contributed by atoms with E-state index in [1.165, 1.54) is 6.07 Å². The molecule has 0 saturated heterocycles. The minimum absolute atomic E-state index is 0.280. The van der Waals surface area contributed by atoms with Gasteiger partial charge in [-0.05, 0) is 19.0 Å². The maximum atomic E-state index is 13.2. The van der Waals surface area contributed by atoms with Gasteiger partial charge in [0.1, 0.15) is 0 Å². The van der Waals surface area contributed by atoms with E-state index in [9.17, 15) is 8.78 Å². The number of methoxy groups -OCH3 is 1. The largest absolute Gasteiger partial charge is 0.383 e. The van der Waals surface area contributed by atoms with Gasteiger partial charge in [0, 0.05) is 19.2 Å². The minimum atomic E-state index is -0.814. The first-order chi connectivity index (χ1) is 8.25. The predicted octanol–water partition coefficient (Wildman–Crippen LogP) is 2.60. The van der Waals surface area contributed by atoms with Crippen LogP contribution in [0, 0.1) is 11.6 Å². The lowest BCUT2D eigenvalue weighted by Gasteiger charge is -2.01. The van der Waals surface area contributed by atoms with Crippen LogP contribution in [0.2, 0.25) is 0 Å². The first-order valence-electron chi connectivity index (χ1n) is 5.56. The molecular weight excluding hydrogens is 224 g/mol. The van der Waals surface area contributed by atoms with Crippen LogP contribution in [0.25, 0.3) is 6.08 Å². The summed E-state index contributed by atoms with van der Waals surface area (Å²) < 4.78 is 31.0. The second kappa shape index (κ2) is 7.92. The number of hydrogen-bond donors (Lipinski definition) is 1. The molecule has 0 unspecified atom stereocenters. The maximum absolute atomic E-state index is 13.2. The van der Waals surface area contributed by atoms with Crippen LogP contribution < -0.4 is 5.32 Å². The number of rotatable bonds is 7. The van der Waals surface area contributed by atoms with Crippen LogP contribution in [-0.2, 0) is 4.74 Å². The second-order valence-corrected chi connectivity index (χ2v) is 3.58.